The Kier molecular flexibility index (Phi) is 5.04. The monoisotopic (exact) mass is 515 g/mol. The van der Waals surface area contributed by atoms with E-state index in [1.807, 2.05) is 64.1 Å². The van der Waals surface area contributed by atoms with E-state index < -0.39 is 44.8 Å². The quantitative estimate of drug-likeness (QED) is 0.244. The summed E-state index contributed by atoms with van der Waals surface area (Å²) in [7, 11) is 0. The first kappa shape index (κ1) is 22.0. The summed E-state index contributed by atoms with van der Waals surface area (Å²) in [5.74, 6) is -1.02. The number of rotatable bonds is 4. The summed E-state index contributed by atoms with van der Waals surface area (Å²) >= 11 is 2.01. The molecule has 1 saturated heterocycles. The third-order valence-corrected chi connectivity index (χ3v) is 7.57. The molecule has 8 heteroatoms. The largest absolute Gasteiger partial charge is 0.454 e. The van der Waals surface area contributed by atoms with Gasteiger partial charge in [0.25, 0.3) is 5.69 Å². The number of halogens is 1. The van der Waals surface area contributed by atoms with E-state index in [0.29, 0.717) is 22.0 Å². The molecule has 2 bridgehead atoms. The number of carbonyl (C=O) groups excluding carboxylic acids is 2. The van der Waals surface area contributed by atoms with Gasteiger partial charge < -0.3 is 9.47 Å². The van der Waals surface area contributed by atoms with Crippen LogP contribution in [0.5, 0.6) is 0 Å². The van der Waals surface area contributed by atoms with E-state index in [1.165, 1.54) is 6.07 Å². The van der Waals surface area contributed by atoms with Gasteiger partial charge in [-0.05, 0) is 54.5 Å². The normalized spacial score (nSPS) is 28.7. The maximum absolute atomic E-state index is 13.4. The predicted octanol–water partition coefficient (Wildman–Crippen LogP) is 4.95. The fraction of sp³-hybridized carbons (Fsp3) is 0.619. The van der Waals surface area contributed by atoms with Gasteiger partial charge in [0.15, 0.2) is 0 Å². The smallest absolute Gasteiger partial charge is 0.351 e. The van der Waals surface area contributed by atoms with Crippen LogP contribution in [0.15, 0.2) is 18.2 Å². The molecule has 7 nitrogen and oxygen atoms in total. The molecule has 1 aliphatic heterocycles. The van der Waals surface area contributed by atoms with Crippen molar-refractivity contribution in [3.05, 3.63) is 37.4 Å². The predicted molar refractivity (Wildman–Crippen MR) is 114 cm³/mol. The Balaban J connectivity index is 2.04. The van der Waals surface area contributed by atoms with Gasteiger partial charge in [-0.3, -0.25) is 14.9 Å². The van der Waals surface area contributed by atoms with Crippen LogP contribution in [0.1, 0.15) is 66.1 Å². The van der Waals surface area contributed by atoms with E-state index in [0.717, 1.165) is 0 Å². The van der Waals surface area contributed by atoms with E-state index >= 15 is 0 Å². The number of ether oxygens (including phenoxy) is 2. The highest BCUT2D eigenvalue weighted by atomic mass is 127. The molecule has 158 valence electrons. The van der Waals surface area contributed by atoms with E-state index in [-0.39, 0.29) is 5.69 Å². The van der Waals surface area contributed by atoms with Crippen molar-refractivity contribution >= 4 is 40.2 Å². The molecule has 3 rings (SSSR count). The number of carbonyl (C=O) groups is 2. The van der Waals surface area contributed by atoms with Crippen molar-refractivity contribution in [2.45, 2.75) is 66.1 Å². The Labute approximate surface area is 183 Å². The first-order valence-electron chi connectivity index (χ1n) is 9.56. The van der Waals surface area contributed by atoms with Crippen LogP contribution in [0.3, 0.4) is 0 Å². The van der Waals surface area contributed by atoms with Gasteiger partial charge >= 0.3 is 11.9 Å². The SMILES string of the molecule is CC(C)(C)[C@@H](OC(=O)[C@@]12CC[C@@](C)(C(=O)O1)C2(C)C)c1ccc(I)cc1[N+](=O)[O-]. The van der Waals surface area contributed by atoms with Crippen molar-refractivity contribution < 1.29 is 24.0 Å². The lowest BCUT2D eigenvalue weighted by atomic mass is 9.66. The average molecular weight is 515 g/mol. The van der Waals surface area contributed by atoms with Crippen LogP contribution in [0.25, 0.3) is 0 Å². The molecule has 1 aromatic carbocycles. The standard InChI is InChI=1S/C21H26INO6/c1-18(2,3)15(13-8-7-12(22)11-14(13)23(26)27)28-17(25)21-10-9-20(6,16(24)29-21)19(21,4)5/h7-8,11,15H,9-10H2,1-6H3/t15-,20-,21+/m0/s1. The van der Waals surface area contributed by atoms with Crippen molar-refractivity contribution in [2.24, 2.45) is 16.2 Å². The highest BCUT2D eigenvalue weighted by Gasteiger charge is 2.76. The fourth-order valence-corrected chi connectivity index (χ4v) is 4.98. The fourth-order valence-electron chi connectivity index (χ4n) is 4.51. The molecule has 0 amide bonds. The molecule has 2 fully saturated rings. The molecule has 1 aliphatic carbocycles. The van der Waals surface area contributed by atoms with Gasteiger partial charge in [-0.1, -0.05) is 34.6 Å². The second kappa shape index (κ2) is 6.65. The van der Waals surface area contributed by atoms with Gasteiger partial charge in [0, 0.05) is 20.5 Å². The van der Waals surface area contributed by atoms with Gasteiger partial charge in [0.2, 0.25) is 5.60 Å². The highest BCUT2D eigenvalue weighted by molar-refractivity contribution is 14.1. The van der Waals surface area contributed by atoms with Gasteiger partial charge in [-0.2, -0.15) is 0 Å². The summed E-state index contributed by atoms with van der Waals surface area (Å²) < 4.78 is 12.3. The summed E-state index contributed by atoms with van der Waals surface area (Å²) in [6.45, 7) is 11.1. The Morgan fingerprint density at radius 1 is 1.28 bits per heavy atom. The van der Waals surface area contributed by atoms with Gasteiger partial charge in [-0.25, -0.2) is 4.79 Å². The zero-order valence-electron chi connectivity index (χ0n) is 17.5. The molecular formula is C21H26INO6. The second-order valence-electron chi connectivity index (χ2n) is 9.79. The molecule has 3 atom stereocenters. The molecule has 0 N–H and O–H groups in total. The molecule has 0 aromatic heterocycles. The number of esters is 2. The van der Waals surface area contributed by atoms with Crippen molar-refractivity contribution in [3.8, 4) is 0 Å². The minimum atomic E-state index is -1.37. The van der Waals surface area contributed by atoms with E-state index in [9.17, 15) is 19.7 Å². The van der Waals surface area contributed by atoms with E-state index in [1.54, 1.807) is 12.1 Å². The molecule has 2 aliphatic rings. The average Bonchev–Trinajstić information content (AvgIpc) is 2.89. The molecule has 0 unspecified atom stereocenters. The van der Waals surface area contributed by atoms with Crippen molar-refractivity contribution in [2.75, 3.05) is 0 Å². The topological polar surface area (TPSA) is 95.7 Å². The maximum atomic E-state index is 13.4. The summed E-state index contributed by atoms with van der Waals surface area (Å²) in [5.41, 5.74) is -3.25. The number of nitrogens with zero attached hydrogens (tertiary/aromatic N) is 1. The van der Waals surface area contributed by atoms with Crippen LogP contribution in [-0.4, -0.2) is 22.5 Å². The number of nitro benzene ring substituents is 1. The van der Waals surface area contributed by atoms with E-state index in [2.05, 4.69) is 0 Å². The Morgan fingerprint density at radius 2 is 1.90 bits per heavy atom. The summed E-state index contributed by atoms with van der Waals surface area (Å²) in [6, 6.07) is 4.85. The van der Waals surface area contributed by atoms with Crippen molar-refractivity contribution in [1.82, 2.24) is 0 Å². The number of benzene rings is 1. The highest BCUT2D eigenvalue weighted by Crippen LogP contribution is 2.66. The van der Waals surface area contributed by atoms with Crippen molar-refractivity contribution in [3.63, 3.8) is 0 Å². The maximum Gasteiger partial charge on any atom is 0.351 e. The minimum Gasteiger partial charge on any atom is -0.454 e. The number of nitro groups is 1. The lowest BCUT2D eigenvalue weighted by Gasteiger charge is -2.38. The molecule has 1 aromatic rings. The van der Waals surface area contributed by atoms with Crippen LogP contribution in [-0.2, 0) is 19.1 Å². The van der Waals surface area contributed by atoms with Crippen LogP contribution >= 0.6 is 22.6 Å². The Hall–Kier alpha value is -1.71. The molecular weight excluding hydrogens is 489 g/mol. The van der Waals surface area contributed by atoms with Gasteiger partial charge in [0.1, 0.15) is 6.10 Å². The van der Waals surface area contributed by atoms with Crippen LogP contribution in [0, 0.1) is 29.9 Å². The Bertz CT molecular complexity index is 905. The van der Waals surface area contributed by atoms with Crippen LogP contribution in [0.2, 0.25) is 0 Å². The van der Waals surface area contributed by atoms with E-state index in [4.69, 9.17) is 9.47 Å². The summed E-state index contributed by atoms with van der Waals surface area (Å²) in [5, 5.41) is 11.7. The third-order valence-electron chi connectivity index (χ3n) is 6.90. The molecule has 1 saturated carbocycles. The van der Waals surface area contributed by atoms with Gasteiger partial charge in [-0.15, -0.1) is 0 Å². The summed E-state index contributed by atoms with van der Waals surface area (Å²) in [4.78, 5) is 37.1. The molecule has 0 radical (unpaired) electrons. The Morgan fingerprint density at radius 3 is 2.34 bits per heavy atom. The van der Waals surface area contributed by atoms with Gasteiger partial charge in [0.05, 0.1) is 15.9 Å². The lowest BCUT2D eigenvalue weighted by Crippen LogP contribution is -2.49. The second-order valence-corrected chi connectivity index (χ2v) is 11.0. The zero-order chi connectivity index (χ0) is 22.0. The van der Waals surface area contributed by atoms with Crippen molar-refractivity contribution in [1.29, 1.82) is 0 Å². The number of hydrogen-bond donors (Lipinski definition) is 0. The first-order chi connectivity index (χ1) is 13.2. The minimum absolute atomic E-state index is 0.0962. The van der Waals surface area contributed by atoms with Crippen LogP contribution in [0.4, 0.5) is 5.69 Å². The van der Waals surface area contributed by atoms with Crippen LogP contribution < -0.4 is 0 Å². The third kappa shape index (κ3) is 3.05. The zero-order valence-corrected chi connectivity index (χ0v) is 19.7. The number of fused-ring (bicyclic) bond motifs is 2. The first-order valence-corrected chi connectivity index (χ1v) is 10.6. The summed E-state index contributed by atoms with van der Waals surface area (Å²) in [6.07, 6.45) is 0.0496. The lowest BCUT2D eigenvalue weighted by molar-refractivity contribution is -0.386. The molecule has 0 spiro atoms. The molecule has 29 heavy (non-hydrogen) atoms. The molecule has 1 heterocycles. The number of hydrogen-bond acceptors (Lipinski definition) is 6.